The van der Waals surface area contributed by atoms with E-state index in [1.54, 1.807) is 19.2 Å². The molecular formula is C25H31ClFN5O4S2. The predicted molar refractivity (Wildman–Crippen MR) is 150 cm³/mol. The number of anilines is 2. The van der Waals surface area contributed by atoms with Gasteiger partial charge in [-0.1, -0.05) is 39.3 Å². The van der Waals surface area contributed by atoms with E-state index in [4.69, 9.17) is 21.7 Å². The lowest BCUT2D eigenvalue weighted by atomic mass is 9.98. The van der Waals surface area contributed by atoms with Crippen LogP contribution < -0.4 is 10.0 Å². The topological polar surface area (TPSA) is 134 Å². The summed E-state index contributed by atoms with van der Waals surface area (Å²) >= 11 is 7.66. The van der Waals surface area contributed by atoms with Gasteiger partial charge in [-0.05, 0) is 37.5 Å². The molecule has 0 aliphatic heterocycles. The lowest BCUT2D eigenvalue weighted by Gasteiger charge is -2.14. The van der Waals surface area contributed by atoms with Crippen molar-refractivity contribution in [3.8, 4) is 21.8 Å². The maximum absolute atomic E-state index is 15.8. The third kappa shape index (κ3) is 7.84. The Kier molecular flexibility index (Phi) is 9.66. The van der Waals surface area contributed by atoms with Gasteiger partial charge in [-0.25, -0.2) is 27.8 Å². The number of hydrogen-bond donors (Lipinski definition) is 3. The van der Waals surface area contributed by atoms with Crippen LogP contribution >= 0.6 is 22.9 Å². The minimum Gasteiger partial charge on any atom is -0.481 e. The van der Waals surface area contributed by atoms with Crippen LogP contribution in [0.3, 0.4) is 0 Å². The molecule has 0 saturated carbocycles. The lowest BCUT2D eigenvalue weighted by molar-refractivity contribution is -0.137. The minimum absolute atomic E-state index is 0.0511. The van der Waals surface area contributed by atoms with Crippen LogP contribution in [0.4, 0.5) is 16.0 Å². The summed E-state index contributed by atoms with van der Waals surface area (Å²) < 4.78 is 42.8. The van der Waals surface area contributed by atoms with Crippen LogP contribution in [0.1, 0.15) is 58.4 Å². The molecule has 13 heteroatoms. The molecule has 0 saturated heterocycles. The molecule has 38 heavy (non-hydrogen) atoms. The first-order chi connectivity index (χ1) is 17.8. The summed E-state index contributed by atoms with van der Waals surface area (Å²) in [6.07, 6.45) is 3.18. The number of hydrogen-bond acceptors (Lipinski definition) is 8. The van der Waals surface area contributed by atoms with E-state index in [1.165, 1.54) is 23.5 Å². The highest BCUT2D eigenvalue weighted by molar-refractivity contribution is 7.92. The van der Waals surface area contributed by atoms with Crippen molar-refractivity contribution in [2.45, 2.75) is 58.8 Å². The van der Waals surface area contributed by atoms with Crippen LogP contribution in [0.2, 0.25) is 5.02 Å². The molecule has 0 amide bonds. The van der Waals surface area contributed by atoms with Crippen LogP contribution in [-0.2, 0) is 20.2 Å². The number of nitrogens with zero attached hydrogens (tertiary/aromatic N) is 3. The maximum Gasteiger partial charge on any atom is 0.303 e. The number of rotatable bonds is 12. The van der Waals surface area contributed by atoms with Gasteiger partial charge in [-0.3, -0.25) is 9.52 Å². The molecule has 0 unspecified atom stereocenters. The SMILES string of the molecule is CCCS(=O)(=O)Nc1cc(Cl)cc(-c2nc(C(C)(C)C)sc2-c2ccnc(NCCCCC(=O)O)n2)c1F. The fourth-order valence-corrected chi connectivity index (χ4v) is 5.94. The quantitative estimate of drug-likeness (QED) is 0.215. The number of thiazole rings is 1. The van der Waals surface area contributed by atoms with E-state index in [9.17, 15) is 13.2 Å². The van der Waals surface area contributed by atoms with Gasteiger partial charge in [0.05, 0.1) is 32.7 Å². The highest BCUT2D eigenvalue weighted by Gasteiger charge is 2.27. The Balaban J connectivity index is 2.04. The Labute approximate surface area is 231 Å². The van der Waals surface area contributed by atoms with Gasteiger partial charge in [0, 0.05) is 35.2 Å². The van der Waals surface area contributed by atoms with Crippen molar-refractivity contribution in [2.75, 3.05) is 22.3 Å². The van der Waals surface area contributed by atoms with E-state index >= 15 is 4.39 Å². The molecule has 2 aromatic heterocycles. The molecule has 0 radical (unpaired) electrons. The first-order valence-corrected chi connectivity index (χ1v) is 15.0. The Morgan fingerprint density at radius 3 is 2.61 bits per heavy atom. The summed E-state index contributed by atoms with van der Waals surface area (Å²) in [6, 6.07) is 4.34. The lowest BCUT2D eigenvalue weighted by Crippen LogP contribution is -2.17. The second kappa shape index (κ2) is 12.4. The zero-order valence-electron chi connectivity index (χ0n) is 21.6. The zero-order chi connectivity index (χ0) is 28.1. The number of carboxylic acid groups (broad SMARTS) is 1. The molecule has 0 spiro atoms. The summed E-state index contributed by atoms with van der Waals surface area (Å²) in [5, 5.41) is 12.8. The van der Waals surface area contributed by atoms with E-state index < -0.39 is 21.8 Å². The van der Waals surface area contributed by atoms with Gasteiger partial charge in [0.2, 0.25) is 16.0 Å². The fraction of sp³-hybridized carbons (Fsp3) is 0.440. The molecule has 3 N–H and O–H groups in total. The molecule has 206 valence electrons. The van der Waals surface area contributed by atoms with Gasteiger partial charge >= 0.3 is 5.97 Å². The molecule has 1 aromatic carbocycles. The number of unbranched alkanes of at least 4 members (excludes halogenated alkanes) is 1. The monoisotopic (exact) mass is 583 g/mol. The largest absolute Gasteiger partial charge is 0.481 e. The van der Waals surface area contributed by atoms with E-state index in [1.807, 2.05) is 20.8 Å². The van der Waals surface area contributed by atoms with Gasteiger partial charge in [-0.15, -0.1) is 11.3 Å². The second-order valence-corrected chi connectivity index (χ2v) is 13.0. The normalized spacial score (nSPS) is 11.9. The number of aliphatic carboxylic acids is 1. The van der Waals surface area contributed by atoms with E-state index in [0.29, 0.717) is 48.0 Å². The van der Waals surface area contributed by atoms with Crippen LogP contribution in [0.5, 0.6) is 0 Å². The smallest absolute Gasteiger partial charge is 0.303 e. The van der Waals surface area contributed by atoms with Crippen molar-refractivity contribution < 1.29 is 22.7 Å². The Morgan fingerprint density at radius 2 is 1.95 bits per heavy atom. The zero-order valence-corrected chi connectivity index (χ0v) is 24.0. The van der Waals surface area contributed by atoms with Crippen LogP contribution in [0.15, 0.2) is 24.4 Å². The number of nitrogens with one attached hydrogen (secondary N) is 2. The van der Waals surface area contributed by atoms with Crippen LogP contribution in [-0.4, -0.2) is 46.7 Å². The van der Waals surface area contributed by atoms with Gasteiger partial charge in [0.15, 0.2) is 5.82 Å². The second-order valence-electron chi connectivity index (χ2n) is 9.73. The molecule has 3 rings (SSSR count). The molecule has 0 aliphatic carbocycles. The highest BCUT2D eigenvalue weighted by atomic mass is 35.5. The number of carboxylic acids is 1. The van der Waals surface area contributed by atoms with E-state index in [0.717, 1.165) is 5.01 Å². The number of benzene rings is 1. The third-order valence-corrected chi connectivity index (χ3v) is 8.49. The van der Waals surface area contributed by atoms with E-state index in [2.05, 4.69) is 20.0 Å². The van der Waals surface area contributed by atoms with Crippen molar-refractivity contribution in [2.24, 2.45) is 0 Å². The summed E-state index contributed by atoms with van der Waals surface area (Å²) in [5.74, 6) is -1.44. The van der Waals surface area contributed by atoms with Crippen molar-refractivity contribution in [3.05, 3.63) is 40.2 Å². The number of halogens is 2. The molecule has 0 fully saturated rings. The summed E-state index contributed by atoms with van der Waals surface area (Å²) in [4.78, 5) is 24.8. The van der Waals surface area contributed by atoms with Crippen molar-refractivity contribution in [3.63, 3.8) is 0 Å². The number of carbonyl (C=O) groups is 1. The molecule has 9 nitrogen and oxygen atoms in total. The summed E-state index contributed by atoms with van der Waals surface area (Å²) in [6.45, 7) is 8.17. The number of aromatic nitrogens is 3. The summed E-state index contributed by atoms with van der Waals surface area (Å²) in [5.41, 5.74) is 0.251. The minimum atomic E-state index is -3.75. The van der Waals surface area contributed by atoms with Gasteiger partial charge in [-0.2, -0.15) is 0 Å². The summed E-state index contributed by atoms with van der Waals surface area (Å²) in [7, 11) is -3.75. The van der Waals surface area contributed by atoms with Gasteiger partial charge in [0.25, 0.3) is 0 Å². The standard InChI is InChI=1S/C25H31ClFN5O4S2/c1-5-12-38(35,36)32-18-14-15(26)13-16(20(18)27)21-22(37-23(31-21)25(2,3)4)17-9-11-29-24(30-17)28-10-7-6-8-19(33)34/h9,11,13-14,32H,5-8,10,12H2,1-4H3,(H,33,34)(H,28,29,30). The van der Waals surface area contributed by atoms with Crippen molar-refractivity contribution in [1.29, 1.82) is 0 Å². The van der Waals surface area contributed by atoms with Crippen LogP contribution in [0.25, 0.3) is 21.8 Å². The fourth-order valence-electron chi connectivity index (χ4n) is 3.49. The average molecular weight is 584 g/mol. The average Bonchev–Trinajstić information content (AvgIpc) is 3.27. The molecular weight excluding hydrogens is 553 g/mol. The highest BCUT2D eigenvalue weighted by Crippen LogP contribution is 2.43. The maximum atomic E-state index is 15.8. The molecule has 0 bridgehead atoms. The third-order valence-electron chi connectivity index (χ3n) is 5.29. The Bertz CT molecular complexity index is 1410. The Hall–Kier alpha value is -2.83. The number of sulfonamides is 1. The first-order valence-electron chi connectivity index (χ1n) is 12.1. The molecule has 3 aromatic rings. The Morgan fingerprint density at radius 1 is 1.21 bits per heavy atom. The predicted octanol–water partition coefficient (Wildman–Crippen LogP) is 6.18. The first kappa shape index (κ1) is 29.7. The molecule has 0 aliphatic rings. The molecule has 2 heterocycles. The van der Waals surface area contributed by atoms with Crippen molar-refractivity contribution in [1.82, 2.24) is 15.0 Å². The van der Waals surface area contributed by atoms with E-state index in [-0.39, 0.29) is 33.9 Å². The van der Waals surface area contributed by atoms with Crippen LogP contribution in [0, 0.1) is 5.82 Å². The molecule has 0 atom stereocenters. The van der Waals surface area contributed by atoms with Gasteiger partial charge in [0.1, 0.15) is 0 Å². The van der Waals surface area contributed by atoms with Crippen molar-refractivity contribution >= 4 is 50.6 Å². The van der Waals surface area contributed by atoms with Gasteiger partial charge < -0.3 is 10.4 Å².